The summed E-state index contributed by atoms with van der Waals surface area (Å²) in [4.78, 5) is 28.6. The number of Topliss-reactive ketones (excluding diaryl/α,β-unsaturated/α-hetero) is 1. The van der Waals surface area contributed by atoms with E-state index in [2.05, 4.69) is 10.2 Å². The van der Waals surface area contributed by atoms with Gasteiger partial charge in [0, 0.05) is 16.3 Å². The van der Waals surface area contributed by atoms with Crippen LogP contribution < -0.4 is 19.1 Å². The number of halogens is 2. The fourth-order valence-electron chi connectivity index (χ4n) is 5.11. The molecule has 1 unspecified atom stereocenters. The van der Waals surface area contributed by atoms with E-state index < -0.39 is 29.3 Å². The normalized spacial score (nSPS) is 15.5. The van der Waals surface area contributed by atoms with Gasteiger partial charge in [-0.25, -0.2) is 4.39 Å². The van der Waals surface area contributed by atoms with Crippen LogP contribution in [0.25, 0.3) is 5.76 Å². The molecule has 5 aromatic rings. The number of rotatable bonds is 11. The van der Waals surface area contributed by atoms with Crippen LogP contribution in [0, 0.1) is 5.82 Å². The van der Waals surface area contributed by atoms with E-state index in [0.29, 0.717) is 32.2 Å². The highest BCUT2D eigenvalue weighted by molar-refractivity contribution is 8.00. The summed E-state index contributed by atoms with van der Waals surface area (Å²) in [5.74, 6) is -1.92. The number of anilines is 1. The zero-order valence-electron chi connectivity index (χ0n) is 25.6. The van der Waals surface area contributed by atoms with Gasteiger partial charge in [-0.1, -0.05) is 83.2 Å². The van der Waals surface area contributed by atoms with Gasteiger partial charge >= 0.3 is 5.91 Å². The summed E-state index contributed by atoms with van der Waals surface area (Å²) in [7, 11) is 2.79. The zero-order valence-corrected chi connectivity index (χ0v) is 27.9. The summed E-state index contributed by atoms with van der Waals surface area (Å²) in [5.41, 5.74) is 2.11. The molecule has 1 saturated heterocycles. The predicted octanol–water partition coefficient (Wildman–Crippen LogP) is 7.85. The van der Waals surface area contributed by atoms with Crippen LogP contribution in [-0.4, -0.2) is 41.2 Å². The summed E-state index contributed by atoms with van der Waals surface area (Å²) in [6, 6.07) is 24.6. The highest BCUT2D eigenvalue weighted by Crippen LogP contribution is 2.46. The number of hydrogen-bond acceptors (Lipinski definition) is 10. The van der Waals surface area contributed by atoms with Crippen LogP contribution in [0.4, 0.5) is 9.52 Å². The van der Waals surface area contributed by atoms with E-state index in [-0.39, 0.29) is 28.6 Å². The van der Waals surface area contributed by atoms with Gasteiger partial charge in [0.1, 0.15) is 12.4 Å². The van der Waals surface area contributed by atoms with Crippen LogP contribution in [0.3, 0.4) is 0 Å². The number of ketones is 1. The summed E-state index contributed by atoms with van der Waals surface area (Å²) in [5, 5.41) is 20.8. The van der Waals surface area contributed by atoms with E-state index in [1.807, 2.05) is 42.5 Å². The molecule has 1 aliphatic heterocycles. The summed E-state index contributed by atoms with van der Waals surface area (Å²) in [6.07, 6.45) is 0. The van der Waals surface area contributed by atoms with E-state index in [9.17, 15) is 19.1 Å². The number of methoxy groups -OCH3 is 2. The second-order valence-corrected chi connectivity index (χ2v) is 13.1. The number of aliphatic hydroxyl groups is 1. The van der Waals surface area contributed by atoms with Gasteiger partial charge in [0.2, 0.25) is 5.13 Å². The SMILES string of the molecule is COc1ccc(/C(O)=C2\C(=O)C(=O)N(c3nnc(SCc4ccc(Cl)cc4)s3)C2c2ccc(OCc3ccccc3)c(OC)c2)cc1F. The van der Waals surface area contributed by atoms with Crippen molar-refractivity contribution in [3.05, 3.63) is 130 Å². The van der Waals surface area contributed by atoms with Gasteiger partial charge in [-0.15, -0.1) is 10.2 Å². The van der Waals surface area contributed by atoms with Gasteiger partial charge < -0.3 is 19.3 Å². The van der Waals surface area contributed by atoms with Crippen LogP contribution in [0.2, 0.25) is 5.02 Å². The smallest absolute Gasteiger partial charge is 0.301 e. The topological polar surface area (TPSA) is 111 Å². The Hall–Kier alpha value is -4.91. The number of aliphatic hydroxyl groups excluding tert-OH is 1. The Morgan fingerprint density at radius 1 is 0.917 bits per heavy atom. The standard InChI is InChI=1S/C35H27ClFN3O6S2/c1-44-26-14-11-23(16-25(26)37)31(41)29-30(22-10-15-27(28(17-22)45-2)46-18-20-6-4-3-5-7-20)40(33(43)32(29)42)34-38-39-35(48-34)47-19-21-8-12-24(36)13-9-21/h3-17,30,41H,18-19H2,1-2H3/b31-29+. The van der Waals surface area contributed by atoms with E-state index in [4.69, 9.17) is 25.8 Å². The minimum absolute atomic E-state index is 0.0115. The Bertz CT molecular complexity index is 2010. The second kappa shape index (κ2) is 14.5. The third-order valence-electron chi connectivity index (χ3n) is 7.49. The molecule has 13 heteroatoms. The van der Waals surface area contributed by atoms with Crippen molar-refractivity contribution in [2.75, 3.05) is 19.1 Å². The Morgan fingerprint density at radius 2 is 1.65 bits per heavy atom. The molecular formula is C35H27ClFN3O6S2. The maximum Gasteiger partial charge on any atom is 0.301 e. The highest BCUT2D eigenvalue weighted by atomic mass is 35.5. The fraction of sp³-hybridized carbons (Fsp3) is 0.143. The first-order chi connectivity index (χ1) is 23.3. The van der Waals surface area contributed by atoms with Gasteiger partial charge in [-0.3, -0.25) is 14.5 Å². The lowest BCUT2D eigenvalue weighted by atomic mass is 9.95. The number of nitrogens with zero attached hydrogens (tertiary/aromatic N) is 3. The molecule has 4 aromatic carbocycles. The molecule has 244 valence electrons. The Labute approximate surface area is 288 Å². The first-order valence-electron chi connectivity index (χ1n) is 14.5. The molecular weight excluding hydrogens is 677 g/mol. The molecule has 48 heavy (non-hydrogen) atoms. The third kappa shape index (κ3) is 6.86. The lowest BCUT2D eigenvalue weighted by molar-refractivity contribution is -0.132. The number of ether oxygens (including phenoxy) is 3. The van der Waals surface area contributed by atoms with Crippen molar-refractivity contribution < 1.29 is 33.3 Å². The van der Waals surface area contributed by atoms with Crippen molar-refractivity contribution in [3.63, 3.8) is 0 Å². The predicted molar refractivity (Wildman–Crippen MR) is 182 cm³/mol. The lowest BCUT2D eigenvalue weighted by Crippen LogP contribution is -2.29. The van der Waals surface area contributed by atoms with Crippen molar-refractivity contribution in [1.29, 1.82) is 0 Å². The van der Waals surface area contributed by atoms with Crippen molar-refractivity contribution in [1.82, 2.24) is 10.2 Å². The average molecular weight is 704 g/mol. The van der Waals surface area contributed by atoms with Gasteiger partial charge in [-0.2, -0.15) is 0 Å². The molecule has 0 aliphatic carbocycles. The summed E-state index contributed by atoms with van der Waals surface area (Å²) >= 11 is 8.53. The average Bonchev–Trinajstić information content (AvgIpc) is 3.68. The van der Waals surface area contributed by atoms with Gasteiger partial charge in [-0.05, 0) is 59.2 Å². The molecule has 0 bridgehead atoms. The fourth-order valence-corrected chi connectivity index (χ4v) is 7.06. The van der Waals surface area contributed by atoms with Crippen molar-refractivity contribution >= 4 is 57.3 Å². The number of carbonyl (C=O) groups excluding carboxylic acids is 2. The maximum atomic E-state index is 14.7. The maximum absolute atomic E-state index is 14.7. The first kappa shape index (κ1) is 33.0. The molecule has 1 N–H and O–H groups in total. The minimum Gasteiger partial charge on any atom is -0.507 e. The minimum atomic E-state index is -1.16. The highest BCUT2D eigenvalue weighted by Gasteiger charge is 2.48. The van der Waals surface area contributed by atoms with Crippen molar-refractivity contribution in [2.45, 2.75) is 22.7 Å². The van der Waals surface area contributed by atoms with E-state index in [1.54, 1.807) is 30.3 Å². The van der Waals surface area contributed by atoms with Crippen LogP contribution in [-0.2, 0) is 21.9 Å². The molecule has 2 heterocycles. The molecule has 6 rings (SSSR count). The molecule has 9 nitrogen and oxygen atoms in total. The Morgan fingerprint density at radius 3 is 2.35 bits per heavy atom. The van der Waals surface area contributed by atoms with Crippen LogP contribution in [0.5, 0.6) is 17.2 Å². The third-order valence-corrected chi connectivity index (χ3v) is 9.87. The second-order valence-electron chi connectivity index (χ2n) is 10.5. The molecule has 1 aliphatic rings. The summed E-state index contributed by atoms with van der Waals surface area (Å²) in [6.45, 7) is 0.277. The lowest BCUT2D eigenvalue weighted by Gasteiger charge is -2.23. The first-order valence-corrected chi connectivity index (χ1v) is 16.7. The molecule has 1 amide bonds. The molecule has 1 aromatic heterocycles. The van der Waals surface area contributed by atoms with Gasteiger partial charge in [0.25, 0.3) is 5.78 Å². The molecule has 1 fully saturated rings. The number of aromatic nitrogens is 2. The van der Waals surface area contributed by atoms with Crippen molar-refractivity contribution in [3.8, 4) is 17.2 Å². The molecule has 1 atom stereocenters. The monoisotopic (exact) mass is 703 g/mol. The Balaban J connectivity index is 1.39. The number of hydrogen-bond donors (Lipinski definition) is 1. The Kier molecular flexibility index (Phi) is 9.95. The van der Waals surface area contributed by atoms with E-state index in [0.717, 1.165) is 28.5 Å². The molecule has 0 saturated carbocycles. The molecule has 0 radical (unpaired) electrons. The van der Waals surface area contributed by atoms with E-state index in [1.165, 1.54) is 43.0 Å². The van der Waals surface area contributed by atoms with Gasteiger partial charge in [0.05, 0.1) is 25.8 Å². The van der Waals surface area contributed by atoms with Crippen molar-refractivity contribution in [2.24, 2.45) is 0 Å². The van der Waals surface area contributed by atoms with E-state index >= 15 is 0 Å². The number of benzene rings is 4. The number of carbonyl (C=O) groups is 2. The van der Waals surface area contributed by atoms with Crippen LogP contribution in [0.1, 0.15) is 28.3 Å². The zero-order chi connectivity index (χ0) is 33.8. The quantitative estimate of drug-likeness (QED) is 0.0484. The largest absolute Gasteiger partial charge is 0.507 e. The molecule has 0 spiro atoms. The van der Waals surface area contributed by atoms with Crippen LogP contribution >= 0.6 is 34.7 Å². The van der Waals surface area contributed by atoms with Gasteiger partial charge in [0.15, 0.2) is 27.4 Å². The number of amides is 1. The van der Waals surface area contributed by atoms with Crippen LogP contribution in [0.15, 0.2) is 101 Å². The summed E-state index contributed by atoms with van der Waals surface area (Å²) < 4.78 is 31.9. The number of thioether (sulfide) groups is 1.